The first-order chi connectivity index (χ1) is 24.6. The highest BCUT2D eigenvalue weighted by atomic mass is 19.1. The molecule has 1 heterocycles. The van der Waals surface area contributed by atoms with Crippen molar-refractivity contribution < 1.29 is 47.6 Å². The Kier molecular flexibility index (Phi) is 17.8. The maximum Gasteiger partial charge on any atom is 0.249 e. The Morgan fingerprint density at radius 3 is 1.76 bits per heavy atom. The molecule has 2 amide bonds. The van der Waals surface area contributed by atoms with Crippen LogP contribution in [-0.4, -0.2) is 86.3 Å². The standard InChI is InChI=1S/C21H27FN2O4.C18H23FN2O4.B/c1-13(8-17(25)15-9-14(10-23)6-7-16(15)22)11-24-19(26)18-20(2,3)12-27-21(4,5)28-18;1-11(9-21-17(25)16(24)18(2,3)10-22)6-15(23)13-7-12(8-20)4-5-14(13)19;/h6-7,9,13,18H,8,11-12H2,1-5H3,(H,24,26);4-5,7,11,16,22,24H,6,9-10H2,1-3H3,(H,21,25);/t13-,18+;11-,16+;/m11./s1. The van der Waals surface area contributed by atoms with E-state index in [1.165, 1.54) is 24.3 Å². The number of aliphatic hydroxyl groups is 2. The molecule has 54 heavy (non-hydrogen) atoms. The molecule has 0 aromatic heterocycles. The first-order valence-electron chi connectivity index (χ1n) is 17.2. The van der Waals surface area contributed by atoms with Crippen LogP contribution in [0.25, 0.3) is 0 Å². The molecule has 4 N–H and O–H groups in total. The lowest BCUT2D eigenvalue weighted by molar-refractivity contribution is -0.304. The number of ether oxygens (including phenoxy) is 2. The average Bonchev–Trinajstić information content (AvgIpc) is 3.10. The van der Waals surface area contributed by atoms with E-state index in [0.29, 0.717) is 6.61 Å². The lowest BCUT2D eigenvalue weighted by Gasteiger charge is -2.44. The lowest BCUT2D eigenvalue weighted by atomic mass is 9.85. The number of carbonyl (C=O) groups excluding carboxylic acids is 4. The van der Waals surface area contributed by atoms with Crippen molar-refractivity contribution in [1.29, 1.82) is 10.5 Å². The van der Waals surface area contributed by atoms with Crippen molar-refractivity contribution in [3.05, 3.63) is 70.3 Å². The molecule has 1 fully saturated rings. The van der Waals surface area contributed by atoms with Gasteiger partial charge in [-0.05, 0) is 62.1 Å². The van der Waals surface area contributed by atoms with Gasteiger partial charge in [-0.1, -0.05) is 41.5 Å². The van der Waals surface area contributed by atoms with E-state index in [2.05, 4.69) is 10.6 Å². The predicted octanol–water partition coefficient (Wildman–Crippen LogP) is 4.22. The van der Waals surface area contributed by atoms with Crippen LogP contribution in [-0.2, 0) is 19.1 Å². The number of ketones is 2. The Hall–Kier alpha value is -4.54. The van der Waals surface area contributed by atoms with Gasteiger partial charge in [-0.15, -0.1) is 0 Å². The number of carbonyl (C=O) groups is 4. The largest absolute Gasteiger partial charge is 0.396 e. The predicted molar refractivity (Wildman–Crippen MR) is 196 cm³/mol. The van der Waals surface area contributed by atoms with Gasteiger partial charge in [0.15, 0.2) is 17.4 Å². The molecule has 0 bridgehead atoms. The third kappa shape index (κ3) is 13.7. The number of nitrogens with one attached hydrogen (secondary N) is 2. The summed E-state index contributed by atoms with van der Waals surface area (Å²) < 4.78 is 39.0. The fourth-order valence-corrected chi connectivity index (χ4v) is 5.12. The quantitative estimate of drug-likeness (QED) is 0.160. The highest BCUT2D eigenvalue weighted by Crippen LogP contribution is 2.35. The van der Waals surface area contributed by atoms with Crippen LogP contribution in [0.4, 0.5) is 8.78 Å². The van der Waals surface area contributed by atoms with Gasteiger partial charge in [0.05, 0.1) is 47.6 Å². The van der Waals surface area contributed by atoms with Crippen LogP contribution in [0.5, 0.6) is 0 Å². The highest BCUT2D eigenvalue weighted by Gasteiger charge is 2.45. The zero-order valence-electron chi connectivity index (χ0n) is 32.1. The molecule has 3 radical (unpaired) electrons. The molecule has 2 aromatic carbocycles. The molecular weight excluding hydrogens is 701 g/mol. The van der Waals surface area contributed by atoms with Gasteiger partial charge in [0.2, 0.25) is 11.8 Å². The van der Waals surface area contributed by atoms with Gasteiger partial charge in [0.25, 0.3) is 0 Å². The summed E-state index contributed by atoms with van der Waals surface area (Å²) >= 11 is 0. The monoisotopic (exact) mass is 751 g/mol. The van der Waals surface area contributed by atoms with Gasteiger partial charge in [0.1, 0.15) is 23.8 Å². The Balaban J connectivity index is 0.000000534. The highest BCUT2D eigenvalue weighted by molar-refractivity contribution is 5.97. The van der Waals surface area contributed by atoms with Crippen LogP contribution < -0.4 is 10.6 Å². The third-order valence-corrected chi connectivity index (χ3v) is 8.65. The fourth-order valence-electron chi connectivity index (χ4n) is 5.12. The maximum atomic E-state index is 13.9. The van der Waals surface area contributed by atoms with Crippen LogP contribution in [0.1, 0.15) is 100 Å². The summed E-state index contributed by atoms with van der Waals surface area (Å²) in [7, 11) is 0. The number of nitrogens with zero attached hydrogens (tertiary/aromatic N) is 2. The molecule has 291 valence electrons. The van der Waals surface area contributed by atoms with E-state index in [9.17, 15) is 33.1 Å². The van der Waals surface area contributed by atoms with Gasteiger partial charge in [-0.3, -0.25) is 19.2 Å². The maximum absolute atomic E-state index is 13.9. The zero-order chi connectivity index (χ0) is 40.3. The van der Waals surface area contributed by atoms with Gasteiger partial charge in [-0.2, -0.15) is 10.5 Å². The van der Waals surface area contributed by atoms with Crippen molar-refractivity contribution >= 4 is 31.8 Å². The van der Waals surface area contributed by atoms with Crippen molar-refractivity contribution in [2.45, 2.75) is 86.2 Å². The van der Waals surface area contributed by atoms with E-state index in [4.69, 9.17) is 25.1 Å². The SMILES string of the molecule is C[C@@H](CNC(=O)[C@@H]1OC(C)(C)OCC1(C)C)CC(=O)c1cc(C#N)ccc1F.C[C@@H](CNC(=O)[C@H](O)C(C)(C)CO)CC(=O)c1cc(C#N)ccc1F.[B]. The van der Waals surface area contributed by atoms with Gasteiger partial charge >= 0.3 is 0 Å². The Morgan fingerprint density at radius 2 is 1.33 bits per heavy atom. The summed E-state index contributed by atoms with van der Waals surface area (Å²) in [6.45, 7) is 14.3. The third-order valence-electron chi connectivity index (χ3n) is 8.65. The Bertz CT molecular complexity index is 1740. The molecule has 0 saturated carbocycles. The summed E-state index contributed by atoms with van der Waals surface area (Å²) in [5, 5.41) is 42.1. The number of hydrogen-bond acceptors (Lipinski definition) is 10. The van der Waals surface area contributed by atoms with Crippen molar-refractivity contribution in [3.63, 3.8) is 0 Å². The number of benzene rings is 2. The van der Waals surface area contributed by atoms with E-state index >= 15 is 0 Å². The van der Waals surface area contributed by atoms with Crippen LogP contribution >= 0.6 is 0 Å². The second kappa shape index (κ2) is 20.2. The van der Waals surface area contributed by atoms with E-state index in [1.54, 1.807) is 41.5 Å². The molecule has 0 aliphatic carbocycles. The topological polar surface area (TPSA) is 199 Å². The van der Waals surface area contributed by atoms with Crippen molar-refractivity contribution in [2.24, 2.45) is 22.7 Å². The van der Waals surface area contributed by atoms with E-state index in [0.717, 1.165) is 12.1 Å². The van der Waals surface area contributed by atoms with Crippen LogP contribution in [0.3, 0.4) is 0 Å². The molecule has 12 nitrogen and oxygen atoms in total. The molecule has 15 heteroatoms. The summed E-state index contributed by atoms with van der Waals surface area (Å²) in [5.41, 5.74) is -1.30. The first kappa shape index (κ1) is 47.5. The second-order valence-electron chi connectivity index (χ2n) is 15.3. The lowest BCUT2D eigenvalue weighted by Crippen LogP contribution is -2.56. The van der Waals surface area contributed by atoms with E-state index in [-0.39, 0.29) is 80.9 Å². The zero-order valence-corrected chi connectivity index (χ0v) is 32.1. The van der Waals surface area contributed by atoms with Crippen molar-refractivity contribution in [3.8, 4) is 12.1 Å². The molecule has 1 saturated heterocycles. The summed E-state index contributed by atoms with van der Waals surface area (Å²) in [6.07, 6.45) is -2.03. The van der Waals surface area contributed by atoms with Gasteiger partial charge < -0.3 is 30.3 Å². The molecule has 1 aliphatic heterocycles. The molecular formula is C39H50BF2N4O8. The van der Waals surface area contributed by atoms with Crippen LogP contribution in [0, 0.1) is 57.0 Å². The normalized spacial score (nSPS) is 17.4. The Morgan fingerprint density at radius 1 is 0.889 bits per heavy atom. The Labute approximate surface area is 317 Å². The summed E-state index contributed by atoms with van der Waals surface area (Å²) in [6, 6.07) is 11.0. The minimum absolute atomic E-state index is 0. The number of nitriles is 2. The molecule has 4 atom stereocenters. The van der Waals surface area contributed by atoms with Crippen LogP contribution in [0.2, 0.25) is 0 Å². The van der Waals surface area contributed by atoms with Gasteiger partial charge in [0, 0.05) is 45.2 Å². The van der Waals surface area contributed by atoms with Crippen LogP contribution in [0.15, 0.2) is 36.4 Å². The summed E-state index contributed by atoms with van der Waals surface area (Å²) in [5.74, 6) is -4.48. The number of aliphatic hydroxyl groups excluding tert-OH is 2. The molecule has 0 spiro atoms. The number of rotatable bonds is 14. The second-order valence-corrected chi connectivity index (χ2v) is 15.3. The molecule has 1 aliphatic rings. The number of Topliss-reactive ketones (excluding diaryl/α,β-unsaturated/α-hetero) is 2. The smallest absolute Gasteiger partial charge is 0.249 e. The minimum atomic E-state index is -1.38. The number of halogens is 2. The van der Waals surface area contributed by atoms with Crippen molar-refractivity contribution in [1.82, 2.24) is 10.6 Å². The minimum Gasteiger partial charge on any atom is -0.396 e. The van der Waals surface area contributed by atoms with E-state index in [1.807, 2.05) is 26.0 Å². The first-order valence-corrected chi connectivity index (χ1v) is 17.2. The van der Waals surface area contributed by atoms with E-state index < -0.39 is 57.9 Å². The number of amides is 2. The van der Waals surface area contributed by atoms with Crippen molar-refractivity contribution in [2.75, 3.05) is 26.3 Å². The molecule has 2 aromatic rings. The van der Waals surface area contributed by atoms with Gasteiger partial charge in [-0.25, -0.2) is 8.78 Å². The average molecular weight is 752 g/mol. The summed E-state index contributed by atoms with van der Waals surface area (Å²) in [4.78, 5) is 49.1. The molecule has 0 unspecified atom stereocenters. The fraction of sp³-hybridized carbons (Fsp3) is 0.538. The molecule has 3 rings (SSSR count). The number of hydrogen-bond donors (Lipinski definition) is 4.